The highest BCUT2D eigenvalue weighted by Crippen LogP contribution is 2.14. The summed E-state index contributed by atoms with van der Waals surface area (Å²) >= 11 is 0. The van der Waals surface area contributed by atoms with E-state index in [1.54, 1.807) is 6.92 Å². The second-order valence-corrected chi connectivity index (χ2v) is 3.26. The molecule has 0 saturated heterocycles. The molecule has 0 aromatic carbocycles. The van der Waals surface area contributed by atoms with Gasteiger partial charge in [0.05, 0.1) is 0 Å². The van der Waals surface area contributed by atoms with Crippen LogP contribution in [0.4, 0.5) is 0 Å². The molecular weight excluding hydrogens is 124 g/mol. The fourth-order valence-electron chi connectivity index (χ4n) is 0.936. The summed E-state index contributed by atoms with van der Waals surface area (Å²) in [5.74, 6) is 1.27. The Kier molecular flexibility index (Phi) is 4.33. The minimum absolute atomic E-state index is 0.259. The third-order valence-corrected chi connectivity index (χ3v) is 2.15. The number of Topliss-reactive ketones (excluding diaryl/α,β-unsaturated/α-hetero) is 1. The molecular formula is C9H18O. The predicted octanol–water partition coefficient (Wildman–Crippen LogP) is 2.65. The summed E-state index contributed by atoms with van der Waals surface area (Å²) in [6, 6.07) is 0. The third-order valence-electron chi connectivity index (χ3n) is 2.15. The van der Waals surface area contributed by atoms with E-state index in [2.05, 4.69) is 13.8 Å². The quantitative estimate of drug-likeness (QED) is 0.589. The van der Waals surface area contributed by atoms with Crippen LogP contribution in [0.2, 0.25) is 0 Å². The van der Waals surface area contributed by atoms with Crippen molar-refractivity contribution in [2.24, 2.45) is 11.8 Å². The van der Waals surface area contributed by atoms with Gasteiger partial charge in [-0.15, -0.1) is 0 Å². The molecule has 0 N–H and O–H groups in total. The van der Waals surface area contributed by atoms with Gasteiger partial charge in [-0.3, -0.25) is 4.79 Å². The van der Waals surface area contributed by atoms with Crippen molar-refractivity contribution in [2.75, 3.05) is 0 Å². The van der Waals surface area contributed by atoms with Gasteiger partial charge < -0.3 is 0 Å². The molecule has 0 unspecified atom stereocenters. The second kappa shape index (κ2) is 4.48. The molecule has 1 nitrogen and oxygen atoms in total. The maximum atomic E-state index is 10.8. The standard InChI is InChI=1S/C9H18O/c1-5-7(2)6-8(3)9(4)10/h7-8H,5-6H2,1-4H3/t7-,8-/m1/s1. The Labute approximate surface area is 63.8 Å². The minimum Gasteiger partial charge on any atom is -0.300 e. The normalized spacial score (nSPS) is 16.4. The van der Waals surface area contributed by atoms with E-state index in [0.29, 0.717) is 11.7 Å². The third kappa shape index (κ3) is 3.65. The zero-order valence-corrected chi connectivity index (χ0v) is 7.48. The van der Waals surface area contributed by atoms with Crippen LogP contribution in [-0.2, 0) is 4.79 Å². The van der Waals surface area contributed by atoms with Gasteiger partial charge in [-0.1, -0.05) is 27.2 Å². The lowest BCUT2D eigenvalue weighted by Gasteiger charge is -2.11. The Morgan fingerprint density at radius 2 is 1.90 bits per heavy atom. The largest absolute Gasteiger partial charge is 0.300 e. The fourth-order valence-corrected chi connectivity index (χ4v) is 0.936. The number of rotatable bonds is 4. The smallest absolute Gasteiger partial charge is 0.132 e. The first-order valence-corrected chi connectivity index (χ1v) is 4.08. The van der Waals surface area contributed by atoms with Gasteiger partial charge in [0.25, 0.3) is 0 Å². The number of carbonyl (C=O) groups is 1. The molecule has 0 aromatic heterocycles. The van der Waals surface area contributed by atoms with E-state index in [1.165, 1.54) is 6.42 Å². The van der Waals surface area contributed by atoms with Crippen molar-refractivity contribution in [3.63, 3.8) is 0 Å². The van der Waals surface area contributed by atoms with Crippen LogP contribution in [-0.4, -0.2) is 5.78 Å². The maximum Gasteiger partial charge on any atom is 0.132 e. The molecule has 0 aromatic rings. The van der Waals surface area contributed by atoms with Crippen molar-refractivity contribution in [3.05, 3.63) is 0 Å². The molecule has 2 atom stereocenters. The first-order chi connectivity index (χ1) is 4.57. The molecule has 0 rings (SSSR count). The molecule has 0 bridgehead atoms. The lowest BCUT2D eigenvalue weighted by Crippen LogP contribution is -2.10. The van der Waals surface area contributed by atoms with Crippen molar-refractivity contribution in [2.45, 2.75) is 40.5 Å². The topological polar surface area (TPSA) is 17.1 Å². The average Bonchev–Trinajstić information content (AvgIpc) is 1.87. The van der Waals surface area contributed by atoms with Gasteiger partial charge in [0, 0.05) is 5.92 Å². The SMILES string of the molecule is CC[C@@H](C)C[C@@H](C)C(C)=O. The number of hydrogen-bond acceptors (Lipinski definition) is 1. The molecule has 1 heteroatoms. The van der Waals surface area contributed by atoms with E-state index in [0.717, 1.165) is 6.42 Å². The molecule has 0 aliphatic rings. The van der Waals surface area contributed by atoms with Crippen LogP contribution in [0.25, 0.3) is 0 Å². The van der Waals surface area contributed by atoms with Gasteiger partial charge in [-0.05, 0) is 19.3 Å². The van der Waals surface area contributed by atoms with E-state index >= 15 is 0 Å². The van der Waals surface area contributed by atoms with E-state index in [1.807, 2.05) is 6.92 Å². The number of ketones is 1. The van der Waals surface area contributed by atoms with Crippen LogP contribution in [0.5, 0.6) is 0 Å². The Bertz CT molecular complexity index is 107. The van der Waals surface area contributed by atoms with Crippen molar-refractivity contribution in [3.8, 4) is 0 Å². The monoisotopic (exact) mass is 142 g/mol. The average molecular weight is 142 g/mol. The summed E-state index contributed by atoms with van der Waals surface area (Å²) in [6.07, 6.45) is 2.23. The number of carbonyl (C=O) groups excluding carboxylic acids is 1. The van der Waals surface area contributed by atoms with Crippen LogP contribution in [0.15, 0.2) is 0 Å². The van der Waals surface area contributed by atoms with Crippen LogP contribution in [0.1, 0.15) is 40.5 Å². The summed E-state index contributed by atoms with van der Waals surface area (Å²) < 4.78 is 0. The number of hydrogen-bond donors (Lipinski definition) is 0. The predicted molar refractivity (Wildman–Crippen MR) is 43.9 cm³/mol. The van der Waals surface area contributed by atoms with Crippen molar-refractivity contribution < 1.29 is 4.79 Å². The molecule has 0 amide bonds. The summed E-state index contributed by atoms with van der Waals surface area (Å²) in [5.41, 5.74) is 0. The molecule has 0 aliphatic carbocycles. The van der Waals surface area contributed by atoms with Crippen LogP contribution in [0, 0.1) is 11.8 Å². The van der Waals surface area contributed by atoms with E-state index < -0.39 is 0 Å². The molecule has 60 valence electrons. The van der Waals surface area contributed by atoms with Gasteiger partial charge in [0.1, 0.15) is 5.78 Å². The molecule has 0 aliphatic heterocycles. The van der Waals surface area contributed by atoms with Crippen LogP contribution >= 0.6 is 0 Å². The highest BCUT2D eigenvalue weighted by molar-refractivity contribution is 5.77. The van der Waals surface area contributed by atoms with Gasteiger partial charge in [-0.2, -0.15) is 0 Å². The van der Waals surface area contributed by atoms with E-state index in [4.69, 9.17) is 0 Å². The summed E-state index contributed by atoms with van der Waals surface area (Å²) in [7, 11) is 0. The molecule has 10 heavy (non-hydrogen) atoms. The van der Waals surface area contributed by atoms with Crippen molar-refractivity contribution in [1.82, 2.24) is 0 Å². The lowest BCUT2D eigenvalue weighted by atomic mass is 9.93. The minimum atomic E-state index is 0.259. The summed E-state index contributed by atoms with van der Waals surface area (Å²) in [6.45, 7) is 8.04. The highest BCUT2D eigenvalue weighted by Gasteiger charge is 2.10. The fraction of sp³-hybridized carbons (Fsp3) is 0.889. The Morgan fingerprint density at radius 3 is 2.20 bits per heavy atom. The summed E-state index contributed by atoms with van der Waals surface area (Å²) in [4.78, 5) is 10.8. The Balaban J connectivity index is 3.56. The van der Waals surface area contributed by atoms with Gasteiger partial charge in [-0.25, -0.2) is 0 Å². The first-order valence-electron chi connectivity index (χ1n) is 4.08. The Hall–Kier alpha value is -0.330. The zero-order valence-electron chi connectivity index (χ0n) is 7.48. The maximum absolute atomic E-state index is 10.8. The molecule has 0 saturated carbocycles. The molecule has 0 spiro atoms. The van der Waals surface area contributed by atoms with Crippen molar-refractivity contribution in [1.29, 1.82) is 0 Å². The van der Waals surface area contributed by atoms with Crippen molar-refractivity contribution >= 4 is 5.78 Å². The van der Waals surface area contributed by atoms with E-state index in [-0.39, 0.29) is 5.92 Å². The van der Waals surface area contributed by atoms with Crippen LogP contribution in [0.3, 0.4) is 0 Å². The first kappa shape index (κ1) is 9.67. The van der Waals surface area contributed by atoms with Crippen LogP contribution < -0.4 is 0 Å². The highest BCUT2D eigenvalue weighted by atomic mass is 16.1. The van der Waals surface area contributed by atoms with E-state index in [9.17, 15) is 4.79 Å². The zero-order chi connectivity index (χ0) is 8.15. The summed E-state index contributed by atoms with van der Waals surface area (Å²) in [5, 5.41) is 0. The van der Waals surface area contributed by atoms with Gasteiger partial charge in [0.15, 0.2) is 0 Å². The van der Waals surface area contributed by atoms with Gasteiger partial charge >= 0.3 is 0 Å². The van der Waals surface area contributed by atoms with Gasteiger partial charge in [0.2, 0.25) is 0 Å². The molecule has 0 fully saturated rings. The second-order valence-electron chi connectivity index (χ2n) is 3.26. The Morgan fingerprint density at radius 1 is 1.40 bits per heavy atom. The molecule has 0 heterocycles. The lowest BCUT2D eigenvalue weighted by molar-refractivity contribution is -0.120. The molecule has 0 radical (unpaired) electrons.